The monoisotopic (exact) mass is 330 g/mol. The van der Waals surface area contributed by atoms with Gasteiger partial charge in [-0.1, -0.05) is 6.07 Å². The highest BCUT2D eigenvalue weighted by Crippen LogP contribution is 2.34. The number of ether oxygens (including phenoxy) is 2. The third kappa shape index (κ3) is 3.59. The quantitative estimate of drug-likeness (QED) is 0.934. The molecule has 1 N–H and O–H groups in total. The number of pyridine rings is 1. The summed E-state index contributed by atoms with van der Waals surface area (Å²) >= 11 is 1.80. The van der Waals surface area contributed by atoms with E-state index in [1.54, 1.807) is 24.9 Å². The minimum atomic E-state index is -0.210. The summed E-state index contributed by atoms with van der Waals surface area (Å²) in [5.74, 6) is 2.21. The van der Waals surface area contributed by atoms with Crippen molar-refractivity contribution in [2.24, 2.45) is 0 Å². The van der Waals surface area contributed by atoms with Gasteiger partial charge in [0, 0.05) is 35.7 Å². The number of aryl methyl sites for hydroxylation is 1. The molecule has 6 heteroatoms. The maximum Gasteiger partial charge on any atom is 0.256 e. The molecule has 0 saturated heterocycles. The van der Waals surface area contributed by atoms with Crippen LogP contribution in [-0.2, 0) is 6.61 Å². The van der Waals surface area contributed by atoms with Crippen LogP contribution in [0.2, 0.25) is 0 Å². The Bertz CT molecular complexity index is 734. The molecule has 5 nitrogen and oxygen atoms in total. The fourth-order valence-corrected chi connectivity index (χ4v) is 3.11. The molecule has 0 unspecified atom stereocenters. The zero-order chi connectivity index (χ0) is 16.2. The van der Waals surface area contributed by atoms with Crippen molar-refractivity contribution in [2.75, 3.05) is 19.4 Å². The van der Waals surface area contributed by atoms with Crippen molar-refractivity contribution in [2.45, 2.75) is 18.4 Å². The van der Waals surface area contributed by atoms with Gasteiger partial charge in [0.2, 0.25) is 0 Å². The highest BCUT2D eigenvalue weighted by atomic mass is 32.2. The van der Waals surface area contributed by atoms with Gasteiger partial charge in [0.1, 0.15) is 18.1 Å². The first-order valence-electron chi connectivity index (χ1n) is 7.37. The lowest BCUT2D eigenvalue weighted by molar-refractivity contribution is 0.0958. The molecular weight excluding hydrogens is 312 g/mol. The first kappa shape index (κ1) is 15.7. The molecule has 3 rings (SSSR count). The number of fused-ring (bicyclic) bond motifs is 1. The van der Waals surface area contributed by atoms with E-state index in [0.717, 1.165) is 34.3 Å². The maximum atomic E-state index is 11.9. The van der Waals surface area contributed by atoms with Gasteiger partial charge in [0.25, 0.3) is 5.91 Å². The number of nitrogens with one attached hydrogen (secondary N) is 1. The molecule has 0 radical (unpaired) electrons. The van der Waals surface area contributed by atoms with E-state index in [0.29, 0.717) is 17.9 Å². The van der Waals surface area contributed by atoms with Crippen LogP contribution >= 0.6 is 11.8 Å². The Kier molecular flexibility index (Phi) is 4.71. The standard InChI is InChI=1S/C17H18N2O3S/c1-11-7-14(13(9-19-11)17(20)18-2)22-10-12-3-4-16-15(8-12)21-5-6-23-16/h3-4,7-9H,5-6,10H2,1-2H3,(H,18,20). The van der Waals surface area contributed by atoms with Crippen molar-refractivity contribution in [1.82, 2.24) is 10.3 Å². The van der Waals surface area contributed by atoms with Gasteiger partial charge in [-0.2, -0.15) is 0 Å². The number of nitrogens with zero attached hydrogens (tertiary/aromatic N) is 1. The summed E-state index contributed by atoms with van der Waals surface area (Å²) in [4.78, 5) is 17.2. The number of carbonyl (C=O) groups is 1. The average Bonchev–Trinajstić information content (AvgIpc) is 2.59. The molecule has 1 aromatic heterocycles. The number of aromatic nitrogens is 1. The van der Waals surface area contributed by atoms with Crippen LogP contribution in [0.4, 0.5) is 0 Å². The van der Waals surface area contributed by atoms with E-state index < -0.39 is 0 Å². The lowest BCUT2D eigenvalue weighted by atomic mass is 10.2. The summed E-state index contributed by atoms with van der Waals surface area (Å²) in [6, 6.07) is 7.84. The molecule has 1 aliphatic rings. The van der Waals surface area contributed by atoms with Gasteiger partial charge in [-0.25, -0.2) is 0 Å². The Morgan fingerprint density at radius 3 is 3.13 bits per heavy atom. The molecule has 23 heavy (non-hydrogen) atoms. The van der Waals surface area contributed by atoms with E-state index >= 15 is 0 Å². The van der Waals surface area contributed by atoms with Crippen molar-refractivity contribution in [3.05, 3.63) is 47.3 Å². The van der Waals surface area contributed by atoms with Gasteiger partial charge in [0.05, 0.1) is 12.2 Å². The lowest BCUT2D eigenvalue weighted by Gasteiger charge is -2.18. The number of benzene rings is 1. The summed E-state index contributed by atoms with van der Waals surface area (Å²) in [5, 5.41) is 2.60. The first-order chi connectivity index (χ1) is 11.2. The Morgan fingerprint density at radius 1 is 1.43 bits per heavy atom. The van der Waals surface area contributed by atoms with E-state index in [1.807, 2.05) is 19.1 Å². The summed E-state index contributed by atoms with van der Waals surface area (Å²) in [6.07, 6.45) is 1.54. The topological polar surface area (TPSA) is 60.5 Å². The average molecular weight is 330 g/mol. The van der Waals surface area contributed by atoms with Gasteiger partial charge >= 0.3 is 0 Å². The molecule has 0 saturated carbocycles. The number of thioether (sulfide) groups is 1. The fourth-order valence-electron chi connectivity index (χ4n) is 2.30. The first-order valence-corrected chi connectivity index (χ1v) is 8.36. The summed E-state index contributed by atoms with van der Waals surface area (Å²) in [6.45, 7) is 2.96. The molecule has 1 amide bonds. The van der Waals surface area contributed by atoms with Crippen LogP contribution in [0.5, 0.6) is 11.5 Å². The zero-order valence-electron chi connectivity index (χ0n) is 13.1. The lowest BCUT2D eigenvalue weighted by Crippen LogP contribution is -2.19. The molecule has 2 heterocycles. The highest BCUT2D eigenvalue weighted by Gasteiger charge is 2.14. The number of rotatable bonds is 4. The number of hydrogen-bond donors (Lipinski definition) is 1. The minimum Gasteiger partial charge on any atom is -0.492 e. The van der Waals surface area contributed by atoms with Gasteiger partial charge in [-0.3, -0.25) is 9.78 Å². The maximum absolute atomic E-state index is 11.9. The second kappa shape index (κ2) is 6.91. The van der Waals surface area contributed by atoms with Gasteiger partial charge in [-0.15, -0.1) is 11.8 Å². The number of carbonyl (C=O) groups excluding carboxylic acids is 1. The molecular formula is C17H18N2O3S. The Balaban J connectivity index is 1.78. The fraction of sp³-hybridized carbons (Fsp3) is 0.294. The third-order valence-corrected chi connectivity index (χ3v) is 4.49. The van der Waals surface area contributed by atoms with E-state index in [1.165, 1.54) is 6.20 Å². The highest BCUT2D eigenvalue weighted by molar-refractivity contribution is 7.99. The third-order valence-electron chi connectivity index (χ3n) is 3.48. The van der Waals surface area contributed by atoms with E-state index in [4.69, 9.17) is 9.47 Å². The zero-order valence-corrected chi connectivity index (χ0v) is 13.9. The molecule has 0 spiro atoms. The van der Waals surface area contributed by atoms with E-state index in [-0.39, 0.29) is 5.91 Å². The van der Waals surface area contributed by atoms with Crippen LogP contribution in [-0.4, -0.2) is 30.3 Å². The molecule has 120 valence electrons. The van der Waals surface area contributed by atoms with Gasteiger partial charge in [-0.05, 0) is 24.6 Å². The van der Waals surface area contributed by atoms with E-state index in [9.17, 15) is 4.79 Å². The Hall–Kier alpha value is -2.21. The predicted molar refractivity (Wildman–Crippen MR) is 89.4 cm³/mol. The second-order valence-electron chi connectivity index (χ2n) is 5.17. The molecule has 0 fully saturated rings. The van der Waals surface area contributed by atoms with Crippen LogP contribution in [0.1, 0.15) is 21.6 Å². The number of hydrogen-bond acceptors (Lipinski definition) is 5. The van der Waals surface area contributed by atoms with Crippen LogP contribution in [0.25, 0.3) is 0 Å². The molecule has 1 aliphatic heterocycles. The normalized spacial score (nSPS) is 13.0. The number of amides is 1. The van der Waals surface area contributed by atoms with Crippen molar-refractivity contribution >= 4 is 17.7 Å². The molecule has 0 atom stereocenters. The Morgan fingerprint density at radius 2 is 2.30 bits per heavy atom. The van der Waals surface area contributed by atoms with Crippen molar-refractivity contribution in [3.8, 4) is 11.5 Å². The smallest absolute Gasteiger partial charge is 0.256 e. The summed E-state index contributed by atoms with van der Waals surface area (Å²) in [7, 11) is 1.59. The van der Waals surface area contributed by atoms with Gasteiger partial charge < -0.3 is 14.8 Å². The summed E-state index contributed by atoms with van der Waals surface area (Å²) < 4.78 is 11.5. The van der Waals surface area contributed by atoms with Crippen molar-refractivity contribution in [3.63, 3.8) is 0 Å². The second-order valence-corrected chi connectivity index (χ2v) is 6.30. The SMILES string of the molecule is CNC(=O)c1cnc(C)cc1OCc1ccc2c(c1)OCCS2. The molecule has 2 aromatic rings. The molecule has 0 bridgehead atoms. The van der Waals surface area contributed by atoms with Crippen LogP contribution in [0.3, 0.4) is 0 Å². The Labute approximate surface area is 139 Å². The van der Waals surface area contributed by atoms with Gasteiger partial charge in [0.15, 0.2) is 0 Å². The summed E-state index contributed by atoms with van der Waals surface area (Å²) in [5.41, 5.74) is 2.24. The van der Waals surface area contributed by atoms with Crippen LogP contribution in [0, 0.1) is 6.92 Å². The van der Waals surface area contributed by atoms with E-state index in [2.05, 4.69) is 16.4 Å². The molecule has 0 aliphatic carbocycles. The predicted octanol–water partition coefficient (Wildman–Crippen LogP) is 2.81. The van der Waals surface area contributed by atoms with Crippen molar-refractivity contribution < 1.29 is 14.3 Å². The van der Waals surface area contributed by atoms with Crippen LogP contribution < -0.4 is 14.8 Å². The minimum absolute atomic E-state index is 0.210. The molecule has 1 aromatic carbocycles. The largest absolute Gasteiger partial charge is 0.492 e. The van der Waals surface area contributed by atoms with Crippen molar-refractivity contribution in [1.29, 1.82) is 0 Å². The van der Waals surface area contributed by atoms with Crippen LogP contribution in [0.15, 0.2) is 35.4 Å².